The molecule has 1 atom stereocenters. The third-order valence-corrected chi connectivity index (χ3v) is 4.36. The third-order valence-electron chi connectivity index (χ3n) is 4.36. The van der Waals surface area contributed by atoms with E-state index < -0.39 is 0 Å². The van der Waals surface area contributed by atoms with Gasteiger partial charge in [-0.05, 0) is 42.3 Å². The standard InChI is InChI=1S/C19H19N3O2/c1-12-9-15-10-13(3-6-17(15)24-12)11-20-19(23)16-5-4-14-7-8-22(2)18(14)21-16/h3-8,10,12H,9,11H2,1-2H3,(H,20,23). The van der Waals surface area contributed by atoms with Crippen LogP contribution in [0.25, 0.3) is 11.0 Å². The van der Waals surface area contributed by atoms with Crippen molar-refractivity contribution >= 4 is 16.9 Å². The molecular weight excluding hydrogens is 302 g/mol. The molecule has 0 aliphatic carbocycles. The van der Waals surface area contributed by atoms with Gasteiger partial charge in [0, 0.05) is 31.6 Å². The van der Waals surface area contributed by atoms with Gasteiger partial charge in [0.05, 0.1) is 0 Å². The molecule has 2 aromatic heterocycles. The summed E-state index contributed by atoms with van der Waals surface area (Å²) < 4.78 is 7.61. The van der Waals surface area contributed by atoms with Gasteiger partial charge < -0.3 is 14.6 Å². The van der Waals surface area contributed by atoms with Gasteiger partial charge in [-0.15, -0.1) is 0 Å². The molecule has 4 rings (SSSR count). The van der Waals surface area contributed by atoms with Crippen molar-refractivity contribution in [3.8, 4) is 5.75 Å². The number of rotatable bonds is 3. The van der Waals surface area contributed by atoms with Crippen LogP contribution in [-0.4, -0.2) is 21.6 Å². The molecule has 0 radical (unpaired) electrons. The molecule has 1 unspecified atom stereocenters. The highest BCUT2D eigenvalue weighted by Crippen LogP contribution is 2.29. The number of benzene rings is 1. The zero-order valence-electron chi connectivity index (χ0n) is 13.7. The highest BCUT2D eigenvalue weighted by atomic mass is 16.5. The Morgan fingerprint density at radius 3 is 3.08 bits per heavy atom. The number of hydrogen-bond acceptors (Lipinski definition) is 3. The highest BCUT2D eigenvalue weighted by molar-refractivity contribution is 5.94. The zero-order chi connectivity index (χ0) is 16.7. The number of hydrogen-bond donors (Lipinski definition) is 1. The van der Waals surface area contributed by atoms with E-state index in [1.54, 1.807) is 6.07 Å². The number of aromatic nitrogens is 2. The van der Waals surface area contributed by atoms with Crippen molar-refractivity contribution in [2.24, 2.45) is 7.05 Å². The van der Waals surface area contributed by atoms with E-state index in [0.29, 0.717) is 12.2 Å². The molecule has 5 nitrogen and oxygen atoms in total. The molecule has 1 aliphatic rings. The summed E-state index contributed by atoms with van der Waals surface area (Å²) in [4.78, 5) is 16.8. The fourth-order valence-electron chi connectivity index (χ4n) is 3.12. The van der Waals surface area contributed by atoms with Gasteiger partial charge in [0.2, 0.25) is 0 Å². The lowest BCUT2D eigenvalue weighted by molar-refractivity contribution is 0.0946. The second-order valence-electron chi connectivity index (χ2n) is 6.29. The average molecular weight is 321 g/mol. The van der Waals surface area contributed by atoms with Crippen LogP contribution >= 0.6 is 0 Å². The van der Waals surface area contributed by atoms with Gasteiger partial charge in [-0.2, -0.15) is 0 Å². The summed E-state index contributed by atoms with van der Waals surface area (Å²) in [5.41, 5.74) is 3.52. The Hall–Kier alpha value is -2.82. The molecular formula is C19H19N3O2. The summed E-state index contributed by atoms with van der Waals surface area (Å²) in [6.45, 7) is 2.54. The largest absolute Gasteiger partial charge is 0.490 e. The molecule has 1 N–H and O–H groups in total. The van der Waals surface area contributed by atoms with E-state index in [1.807, 2.05) is 42.1 Å². The first-order valence-electron chi connectivity index (χ1n) is 8.09. The Morgan fingerprint density at radius 1 is 1.33 bits per heavy atom. The predicted molar refractivity (Wildman–Crippen MR) is 92.1 cm³/mol. The molecule has 1 aliphatic heterocycles. The number of pyridine rings is 1. The second-order valence-corrected chi connectivity index (χ2v) is 6.29. The monoisotopic (exact) mass is 321 g/mol. The fourth-order valence-corrected chi connectivity index (χ4v) is 3.12. The zero-order valence-corrected chi connectivity index (χ0v) is 13.7. The van der Waals surface area contributed by atoms with Gasteiger partial charge in [-0.1, -0.05) is 12.1 Å². The maximum Gasteiger partial charge on any atom is 0.270 e. The van der Waals surface area contributed by atoms with Crippen molar-refractivity contribution in [3.05, 3.63) is 59.4 Å². The van der Waals surface area contributed by atoms with Gasteiger partial charge in [0.15, 0.2) is 0 Å². The van der Waals surface area contributed by atoms with Gasteiger partial charge >= 0.3 is 0 Å². The molecule has 0 spiro atoms. The van der Waals surface area contributed by atoms with Crippen molar-refractivity contribution in [3.63, 3.8) is 0 Å². The summed E-state index contributed by atoms with van der Waals surface area (Å²) in [5, 5.41) is 3.97. The molecule has 0 fully saturated rings. The normalized spacial score (nSPS) is 16.0. The van der Waals surface area contributed by atoms with Gasteiger partial charge in [0.1, 0.15) is 23.2 Å². The quantitative estimate of drug-likeness (QED) is 0.807. The average Bonchev–Trinajstić information content (AvgIpc) is 3.13. The Bertz CT molecular complexity index is 930. The van der Waals surface area contributed by atoms with E-state index in [1.165, 1.54) is 5.56 Å². The molecule has 122 valence electrons. The van der Waals surface area contributed by atoms with E-state index in [0.717, 1.165) is 28.8 Å². The van der Waals surface area contributed by atoms with Crippen molar-refractivity contribution in [1.82, 2.24) is 14.9 Å². The summed E-state index contributed by atoms with van der Waals surface area (Å²) >= 11 is 0. The summed E-state index contributed by atoms with van der Waals surface area (Å²) in [5.74, 6) is 0.789. The lowest BCUT2D eigenvalue weighted by atomic mass is 10.1. The number of carbonyl (C=O) groups excluding carboxylic acids is 1. The number of amides is 1. The number of carbonyl (C=O) groups is 1. The van der Waals surface area contributed by atoms with Crippen molar-refractivity contribution in [2.75, 3.05) is 0 Å². The summed E-state index contributed by atoms with van der Waals surface area (Å²) in [7, 11) is 1.92. The van der Waals surface area contributed by atoms with E-state index in [4.69, 9.17) is 4.74 Å². The summed E-state index contributed by atoms with van der Waals surface area (Å²) in [6.07, 6.45) is 3.08. The molecule has 0 bridgehead atoms. The van der Waals surface area contributed by atoms with Crippen LogP contribution in [-0.2, 0) is 20.0 Å². The lowest BCUT2D eigenvalue weighted by Gasteiger charge is -2.07. The Kier molecular flexibility index (Phi) is 3.49. The number of nitrogens with one attached hydrogen (secondary N) is 1. The number of nitrogens with zero attached hydrogens (tertiary/aromatic N) is 2. The summed E-state index contributed by atoms with van der Waals surface area (Å²) in [6, 6.07) is 11.7. The van der Waals surface area contributed by atoms with Crippen LogP contribution in [0.1, 0.15) is 28.5 Å². The maximum atomic E-state index is 12.4. The predicted octanol–water partition coefficient (Wildman–Crippen LogP) is 2.83. The molecule has 1 amide bonds. The Morgan fingerprint density at radius 2 is 2.21 bits per heavy atom. The van der Waals surface area contributed by atoms with E-state index in [9.17, 15) is 4.79 Å². The minimum atomic E-state index is -0.164. The van der Waals surface area contributed by atoms with Crippen LogP contribution < -0.4 is 10.1 Å². The van der Waals surface area contributed by atoms with Crippen LogP contribution in [0.3, 0.4) is 0 Å². The van der Waals surface area contributed by atoms with Crippen LogP contribution in [0.4, 0.5) is 0 Å². The number of aryl methyl sites for hydroxylation is 1. The van der Waals surface area contributed by atoms with Gasteiger partial charge in [0.25, 0.3) is 5.91 Å². The molecule has 1 aromatic carbocycles. The number of ether oxygens (including phenoxy) is 1. The van der Waals surface area contributed by atoms with Crippen molar-refractivity contribution in [1.29, 1.82) is 0 Å². The number of fused-ring (bicyclic) bond motifs is 2. The van der Waals surface area contributed by atoms with Crippen molar-refractivity contribution in [2.45, 2.75) is 26.0 Å². The SMILES string of the molecule is CC1Cc2cc(CNC(=O)c3ccc4ccn(C)c4n3)ccc2O1. The van der Waals surface area contributed by atoms with Crippen LogP contribution in [0, 0.1) is 0 Å². The van der Waals surface area contributed by atoms with E-state index in [-0.39, 0.29) is 12.0 Å². The molecule has 3 heterocycles. The minimum Gasteiger partial charge on any atom is -0.490 e. The van der Waals surface area contributed by atoms with Crippen LogP contribution in [0.5, 0.6) is 5.75 Å². The van der Waals surface area contributed by atoms with Gasteiger partial charge in [-0.25, -0.2) is 4.98 Å². The smallest absolute Gasteiger partial charge is 0.270 e. The third kappa shape index (κ3) is 2.62. The van der Waals surface area contributed by atoms with E-state index >= 15 is 0 Å². The topological polar surface area (TPSA) is 56.2 Å². The highest BCUT2D eigenvalue weighted by Gasteiger charge is 2.19. The van der Waals surface area contributed by atoms with Crippen LogP contribution in [0.15, 0.2) is 42.6 Å². The first-order chi connectivity index (χ1) is 11.6. The maximum absolute atomic E-state index is 12.4. The lowest BCUT2D eigenvalue weighted by Crippen LogP contribution is -2.23. The fraction of sp³-hybridized carbons (Fsp3) is 0.263. The molecule has 24 heavy (non-hydrogen) atoms. The molecule has 0 saturated heterocycles. The van der Waals surface area contributed by atoms with Crippen molar-refractivity contribution < 1.29 is 9.53 Å². The molecule has 0 saturated carbocycles. The second kappa shape index (κ2) is 5.67. The Labute approximate surface area is 140 Å². The Balaban J connectivity index is 1.48. The first-order valence-corrected chi connectivity index (χ1v) is 8.09. The molecule has 3 aromatic rings. The first kappa shape index (κ1) is 14.8. The van der Waals surface area contributed by atoms with Crippen LogP contribution in [0.2, 0.25) is 0 Å². The van der Waals surface area contributed by atoms with Gasteiger partial charge in [-0.3, -0.25) is 4.79 Å². The van der Waals surface area contributed by atoms with E-state index in [2.05, 4.69) is 23.3 Å². The molecule has 5 heteroatoms. The minimum absolute atomic E-state index is 0.164.